The zero-order valence-electron chi connectivity index (χ0n) is 17.1. The van der Waals surface area contributed by atoms with Gasteiger partial charge in [-0.25, -0.2) is 0 Å². The van der Waals surface area contributed by atoms with E-state index in [-0.39, 0.29) is 5.56 Å². The van der Waals surface area contributed by atoms with E-state index in [9.17, 15) is 4.79 Å². The van der Waals surface area contributed by atoms with Crippen molar-refractivity contribution in [3.05, 3.63) is 69.4 Å². The lowest BCUT2D eigenvalue weighted by Crippen LogP contribution is -2.40. The zero-order valence-corrected chi connectivity index (χ0v) is 17.9. The Hall–Kier alpha value is -2.64. The Morgan fingerprint density at radius 3 is 2.76 bits per heavy atom. The Bertz CT molecular complexity index is 1030. The van der Waals surface area contributed by atoms with Gasteiger partial charge in [-0.3, -0.25) is 4.79 Å². The number of nitrogens with one attached hydrogen (secondary N) is 2. The number of methoxy groups -OCH3 is 1. The number of H-pyrrole nitrogens is 1. The number of aromatic amines is 1. The summed E-state index contributed by atoms with van der Waals surface area (Å²) >= 11 is 5.59. The summed E-state index contributed by atoms with van der Waals surface area (Å²) in [7, 11) is 1.68. The van der Waals surface area contributed by atoms with E-state index < -0.39 is 0 Å². The topological polar surface area (TPSA) is 70.5 Å². The lowest BCUT2D eigenvalue weighted by atomic mass is 10.0. The van der Waals surface area contributed by atoms with Gasteiger partial charge in [-0.05, 0) is 79.3 Å². The van der Waals surface area contributed by atoms with Gasteiger partial charge in [-0.15, -0.1) is 0 Å². The molecule has 2 aromatic heterocycles. The SMILES string of the molecule is COCCCNC(=S)N(Cc1ccco1)Cc1cc2cc(C)c(C)cc2[nH]c1=O. The molecule has 0 bridgehead atoms. The van der Waals surface area contributed by atoms with Crippen LogP contribution in [0.2, 0.25) is 0 Å². The average molecular weight is 414 g/mol. The molecule has 0 aliphatic heterocycles. The number of rotatable bonds is 8. The number of thiocarbonyl (C=S) groups is 1. The fourth-order valence-corrected chi connectivity index (χ4v) is 3.39. The van der Waals surface area contributed by atoms with Crippen LogP contribution in [0, 0.1) is 13.8 Å². The second-order valence-electron chi connectivity index (χ2n) is 7.16. The summed E-state index contributed by atoms with van der Waals surface area (Å²) in [5, 5.41) is 4.84. The fourth-order valence-electron chi connectivity index (χ4n) is 3.16. The van der Waals surface area contributed by atoms with Gasteiger partial charge in [0.2, 0.25) is 0 Å². The van der Waals surface area contributed by atoms with E-state index >= 15 is 0 Å². The molecule has 0 aliphatic carbocycles. The molecular formula is C22H27N3O3S. The number of ether oxygens (including phenoxy) is 1. The smallest absolute Gasteiger partial charge is 0.253 e. The molecule has 1 aromatic carbocycles. The maximum atomic E-state index is 12.7. The van der Waals surface area contributed by atoms with E-state index in [0.717, 1.165) is 28.6 Å². The van der Waals surface area contributed by atoms with Crippen molar-refractivity contribution < 1.29 is 9.15 Å². The minimum atomic E-state index is -0.104. The predicted octanol–water partition coefficient (Wildman–Crippen LogP) is 3.65. The Balaban J connectivity index is 1.84. The molecule has 6 nitrogen and oxygen atoms in total. The van der Waals surface area contributed by atoms with Crippen LogP contribution in [-0.2, 0) is 17.8 Å². The third-order valence-electron chi connectivity index (χ3n) is 4.91. The summed E-state index contributed by atoms with van der Waals surface area (Å²) in [5.41, 5.74) is 3.75. The number of aryl methyl sites for hydroxylation is 2. The Morgan fingerprint density at radius 1 is 1.24 bits per heavy atom. The highest BCUT2D eigenvalue weighted by molar-refractivity contribution is 7.80. The summed E-state index contributed by atoms with van der Waals surface area (Å²) in [4.78, 5) is 17.6. The summed E-state index contributed by atoms with van der Waals surface area (Å²) in [6, 6.07) is 9.80. The molecule has 3 rings (SSSR count). The van der Waals surface area contributed by atoms with Crippen molar-refractivity contribution in [2.75, 3.05) is 20.3 Å². The van der Waals surface area contributed by atoms with Crippen LogP contribution in [0.5, 0.6) is 0 Å². The van der Waals surface area contributed by atoms with Gasteiger partial charge in [-0.2, -0.15) is 0 Å². The highest BCUT2D eigenvalue weighted by atomic mass is 32.1. The summed E-state index contributed by atoms with van der Waals surface area (Å²) in [5.74, 6) is 0.787. The first-order valence-electron chi connectivity index (χ1n) is 9.65. The molecule has 0 aliphatic rings. The van der Waals surface area contributed by atoms with E-state index in [0.29, 0.717) is 36.9 Å². The number of furan rings is 1. The monoisotopic (exact) mass is 413 g/mol. The predicted molar refractivity (Wildman–Crippen MR) is 119 cm³/mol. The first kappa shape index (κ1) is 21.1. The van der Waals surface area contributed by atoms with Gasteiger partial charge >= 0.3 is 0 Å². The lowest BCUT2D eigenvalue weighted by molar-refractivity contribution is 0.195. The molecule has 7 heteroatoms. The second-order valence-corrected chi connectivity index (χ2v) is 7.55. The molecule has 2 N–H and O–H groups in total. The molecule has 2 heterocycles. The minimum Gasteiger partial charge on any atom is -0.467 e. The zero-order chi connectivity index (χ0) is 20.8. The van der Waals surface area contributed by atoms with E-state index in [1.54, 1.807) is 13.4 Å². The highest BCUT2D eigenvalue weighted by Crippen LogP contribution is 2.18. The number of hydrogen-bond donors (Lipinski definition) is 2. The third kappa shape index (κ3) is 5.46. The number of nitrogens with zero attached hydrogens (tertiary/aromatic N) is 1. The van der Waals surface area contributed by atoms with Crippen LogP contribution >= 0.6 is 12.2 Å². The number of pyridine rings is 1. The number of fused-ring (bicyclic) bond motifs is 1. The molecule has 3 aromatic rings. The summed E-state index contributed by atoms with van der Waals surface area (Å²) < 4.78 is 10.6. The van der Waals surface area contributed by atoms with Gasteiger partial charge in [-0.1, -0.05) is 0 Å². The van der Waals surface area contributed by atoms with Crippen LogP contribution in [-0.4, -0.2) is 35.3 Å². The first-order chi connectivity index (χ1) is 14.0. The molecule has 0 atom stereocenters. The molecular weight excluding hydrogens is 386 g/mol. The van der Waals surface area contributed by atoms with Gasteiger partial charge in [0, 0.05) is 31.3 Å². The molecule has 0 unspecified atom stereocenters. The van der Waals surface area contributed by atoms with Crippen LogP contribution in [0.25, 0.3) is 10.9 Å². The van der Waals surface area contributed by atoms with Crippen LogP contribution in [0.3, 0.4) is 0 Å². The average Bonchev–Trinajstić information content (AvgIpc) is 3.20. The van der Waals surface area contributed by atoms with Crippen LogP contribution in [0.1, 0.15) is 28.9 Å². The number of aromatic nitrogens is 1. The van der Waals surface area contributed by atoms with Crippen molar-refractivity contribution in [1.29, 1.82) is 0 Å². The largest absolute Gasteiger partial charge is 0.467 e. The van der Waals surface area contributed by atoms with Crippen LogP contribution in [0.4, 0.5) is 0 Å². The second kappa shape index (κ2) is 9.71. The lowest BCUT2D eigenvalue weighted by Gasteiger charge is -2.25. The maximum absolute atomic E-state index is 12.7. The maximum Gasteiger partial charge on any atom is 0.253 e. The van der Waals surface area contributed by atoms with Crippen molar-refractivity contribution in [2.24, 2.45) is 0 Å². The van der Waals surface area contributed by atoms with E-state index in [2.05, 4.69) is 23.3 Å². The van der Waals surface area contributed by atoms with Crippen molar-refractivity contribution in [3.8, 4) is 0 Å². The minimum absolute atomic E-state index is 0.104. The number of hydrogen-bond acceptors (Lipinski definition) is 4. The number of benzene rings is 1. The van der Waals surface area contributed by atoms with Gasteiger partial charge < -0.3 is 24.4 Å². The van der Waals surface area contributed by atoms with Crippen LogP contribution in [0.15, 0.2) is 45.8 Å². The standard InChI is InChI=1S/C22H27N3O3S/c1-15-10-17-12-18(21(26)24-20(17)11-16(15)2)13-25(14-19-6-4-9-28-19)22(29)23-7-5-8-27-3/h4,6,9-12H,5,7-8,13-14H2,1-3H3,(H,23,29)(H,24,26). The van der Waals surface area contributed by atoms with E-state index in [1.165, 1.54) is 5.56 Å². The van der Waals surface area contributed by atoms with Crippen molar-refractivity contribution in [3.63, 3.8) is 0 Å². The van der Waals surface area contributed by atoms with Gasteiger partial charge in [0.1, 0.15) is 5.76 Å². The fraction of sp³-hybridized carbons (Fsp3) is 0.364. The summed E-state index contributed by atoms with van der Waals surface area (Å²) in [6.45, 7) is 6.34. The molecule has 0 radical (unpaired) electrons. The highest BCUT2D eigenvalue weighted by Gasteiger charge is 2.15. The quantitative estimate of drug-likeness (QED) is 0.434. The van der Waals surface area contributed by atoms with Crippen molar-refractivity contribution in [1.82, 2.24) is 15.2 Å². The molecule has 0 amide bonds. The normalized spacial score (nSPS) is 11.0. The van der Waals surface area contributed by atoms with Crippen LogP contribution < -0.4 is 10.9 Å². The van der Waals surface area contributed by atoms with Crippen molar-refractivity contribution >= 4 is 28.2 Å². The Labute approximate surface area is 175 Å². The Kier molecular flexibility index (Phi) is 7.06. The molecule has 0 spiro atoms. The van der Waals surface area contributed by atoms with Gasteiger partial charge in [0.05, 0.1) is 19.4 Å². The third-order valence-corrected chi connectivity index (χ3v) is 5.31. The molecule has 0 saturated carbocycles. The molecule has 154 valence electrons. The van der Waals surface area contributed by atoms with Crippen molar-refractivity contribution in [2.45, 2.75) is 33.4 Å². The molecule has 0 fully saturated rings. The summed E-state index contributed by atoms with van der Waals surface area (Å²) in [6.07, 6.45) is 2.48. The van der Waals surface area contributed by atoms with Gasteiger partial charge in [0.15, 0.2) is 5.11 Å². The molecule has 0 saturated heterocycles. The first-order valence-corrected chi connectivity index (χ1v) is 10.1. The van der Waals surface area contributed by atoms with E-state index in [4.69, 9.17) is 21.4 Å². The van der Waals surface area contributed by atoms with E-state index in [1.807, 2.05) is 36.1 Å². The van der Waals surface area contributed by atoms with Gasteiger partial charge in [0.25, 0.3) is 5.56 Å². The Morgan fingerprint density at radius 2 is 2.03 bits per heavy atom. The molecule has 29 heavy (non-hydrogen) atoms.